The molecule has 5 heteroatoms. The third-order valence-electron chi connectivity index (χ3n) is 4.12. The van der Waals surface area contributed by atoms with Crippen LogP contribution < -0.4 is 10.2 Å². The van der Waals surface area contributed by atoms with Gasteiger partial charge in [0.25, 0.3) is 11.7 Å². The quantitative estimate of drug-likeness (QED) is 0.818. The average molecular weight is 274 g/mol. The molecule has 0 aliphatic carbocycles. The lowest BCUT2D eigenvalue weighted by Gasteiger charge is -2.34. The molecule has 1 aromatic carbocycles. The van der Waals surface area contributed by atoms with Gasteiger partial charge in [-0.2, -0.15) is 0 Å². The van der Waals surface area contributed by atoms with Gasteiger partial charge in [-0.25, -0.2) is 0 Å². The molecule has 0 bridgehead atoms. The van der Waals surface area contributed by atoms with Crippen molar-refractivity contribution in [1.82, 2.24) is 0 Å². The van der Waals surface area contributed by atoms with Gasteiger partial charge in [0.1, 0.15) is 0 Å². The zero-order chi connectivity index (χ0) is 14.1. The van der Waals surface area contributed by atoms with E-state index in [2.05, 4.69) is 10.2 Å². The molecule has 1 saturated heterocycles. The Morgan fingerprint density at radius 2 is 2.20 bits per heavy atom. The lowest BCUT2D eigenvalue weighted by Crippen LogP contribution is -2.35. The number of anilines is 2. The predicted molar refractivity (Wildman–Crippen MR) is 76.0 cm³/mol. The number of nitrogens with zero attached hydrogens (tertiary/aromatic N) is 1. The first-order valence-corrected chi connectivity index (χ1v) is 7.04. The molecule has 2 heterocycles. The summed E-state index contributed by atoms with van der Waals surface area (Å²) >= 11 is 0. The number of carbonyl (C=O) groups is 2. The van der Waals surface area contributed by atoms with Crippen LogP contribution >= 0.6 is 0 Å². The van der Waals surface area contributed by atoms with Gasteiger partial charge in [-0.3, -0.25) is 9.59 Å². The van der Waals surface area contributed by atoms with Crippen LogP contribution in [0.25, 0.3) is 0 Å². The van der Waals surface area contributed by atoms with Crippen LogP contribution in [0.15, 0.2) is 18.2 Å². The molecule has 0 aromatic heterocycles. The fourth-order valence-electron chi connectivity index (χ4n) is 3.05. The van der Waals surface area contributed by atoms with E-state index in [9.17, 15) is 9.59 Å². The Morgan fingerprint density at radius 3 is 3.00 bits per heavy atom. The van der Waals surface area contributed by atoms with Crippen LogP contribution in [0, 0.1) is 5.92 Å². The fourth-order valence-corrected chi connectivity index (χ4v) is 3.05. The number of hydrogen-bond acceptors (Lipinski definition) is 4. The van der Waals surface area contributed by atoms with E-state index in [0.717, 1.165) is 38.0 Å². The number of benzene rings is 1. The first-order chi connectivity index (χ1) is 9.69. The molecule has 0 radical (unpaired) electrons. The van der Waals surface area contributed by atoms with Crippen LogP contribution in [0.4, 0.5) is 11.4 Å². The van der Waals surface area contributed by atoms with Crippen molar-refractivity contribution in [3.05, 3.63) is 23.8 Å². The minimum absolute atomic E-state index is 0.229. The van der Waals surface area contributed by atoms with Crippen molar-refractivity contribution in [2.24, 2.45) is 5.92 Å². The summed E-state index contributed by atoms with van der Waals surface area (Å²) in [5.41, 5.74) is 2.10. The lowest BCUT2D eigenvalue weighted by atomic mass is 9.94. The Kier molecular flexibility index (Phi) is 3.44. The number of carbonyl (C=O) groups excluding carboxylic acids is 2. The topological polar surface area (TPSA) is 69.6 Å². The minimum Gasteiger partial charge on any atom is -0.396 e. The molecule has 1 unspecified atom stereocenters. The molecule has 0 spiro atoms. The van der Waals surface area contributed by atoms with E-state index in [1.54, 1.807) is 6.07 Å². The first kappa shape index (κ1) is 13.1. The van der Waals surface area contributed by atoms with Gasteiger partial charge in [-0.1, -0.05) is 0 Å². The van der Waals surface area contributed by atoms with Crippen LogP contribution in [-0.2, 0) is 4.79 Å². The number of rotatable bonds is 3. The van der Waals surface area contributed by atoms with Crippen LogP contribution in [0.2, 0.25) is 0 Å². The van der Waals surface area contributed by atoms with E-state index >= 15 is 0 Å². The lowest BCUT2D eigenvalue weighted by molar-refractivity contribution is -0.112. The van der Waals surface area contributed by atoms with Gasteiger partial charge in [-0.05, 0) is 43.4 Å². The van der Waals surface area contributed by atoms with Crippen molar-refractivity contribution in [3.63, 3.8) is 0 Å². The molecular formula is C15H18N2O3. The summed E-state index contributed by atoms with van der Waals surface area (Å²) in [6, 6.07) is 5.50. The van der Waals surface area contributed by atoms with Crippen molar-refractivity contribution >= 4 is 23.1 Å². The maximum atomic E-state index is 11.6. The number of hydrogen-bond donors (Lipinski definition) is 2. The third kappa shape index (κ3) is 2.29. The number of nitrogens with one attached hydrogen (secondary N) is 1. The van der Waals surface area contributed by atoms with Gasteiger partial charge in [0.2, 0.25) is 0 Å². The molecule has 106 valence electrons. The summed E-state index contributed by atoms with van der Waals surface area (Å²) in [5, 5.41) is 11.7. The van der Waals surface area contributed by atoms with Crippen LogP contribution in [0.5, 0.6) is 0 Å². The van der Waals surface area contributed by atoms with Crippen LogP contribution in [-0.4, -0.2) is 36.5 Å². The second-order valence-electron chi connectivity index (χ2n) is 5.48. The third-order valence-corrected chi connectivity index (χ3v) is 4.12. The SMILES string of the molecule is O=C1Nc2cc(N3CCCC(CCO)C3)ccc2C1=O. The zero-order valence-corrected chi connectivity index (χ0v) is 11.3. The Bertz CT molecular complexity index is 554. The van der Waals surface area contributed by atoms with E-state index < -0.39 is 11.7 Å². The summed E-state index contributed by atoms with van der Waals surface area (Å²) in [4.78, 5) is 25.2. The Labute approximate surface area is 117 Å². The number of piperidine rings is 1. The molecule has 20 heavy (non-hydrogen) atoms. The molecular weight excluding hydrogens is 256 g/mol. The average Bonchev–Trinajstić information content (AvgIpc) is 2.74. The predicted octanol–water partition coefficient (Wildman–Crippen LogP) is 1.42. The Balaban J connectivity index is 1.80. The smallest absolute Gasteiger partial charge is 0.296 e. The van der Waals surface area contributed by atoms with E-state index in [1.807, 2.05) is 12.1 Å². The molecule has 1 amide bonds. The van der Waals surface area contributed by atoms with Gasteiger partial charge in [0, 0.05) is 25.4 Å². The number of ketones is 1. The second kappa shape index (κ2) is 5.25. The van der Waals surface area contributed by atoms with Crippen molar-refractivity contribution in [1.29, 1.82) is 0 Å². The van der Waals surface area contributed by atoms with Gasteiger partial charge < -0.3 is 15.3 Å². The number of aliphatic hydroxyl groups excluding tert-OH is 1. The summed E-state index contributed by atoms with van der Waals surface area (Å²) < 4.78 is 0. The summed E-state index contributed by atoms with van der Waals surface area (Å²) in [6.07, 6.45) is 3.08. The number of fused-ring (bicyclic) bond motifs is 1. The summed E-state index contributed by atoms with van der Waals surface area (Å²) in [7, 11) is 0. The number of Topliss-reactive ketones (excluding diaryl/α,β-unsaturated/α-hetero) is 1. The molecule has 2 N–H and O–H groups in total. The van der Waals surface area contributed by atoms with E-state index in [0.29, 0.717) is 17.2 Å². The van der Waals surface area contributed by atoms with Crippen molar-refractivity contribution in [3.8, 4) is 0 Å². The minimum atomic E-state index is -0.547. The first-order valence-electron chi connectivity index (χ1n) is 7.04. The monoisotopic (exact) mass is 274 g/mol. The van der Waals surface area contributed by atoms with E-state index in [1.165, 1.54) is 0 Å². The largest absolute Gasteiger partial charge is 0.396 e. The molecule has 1 atom stereocenters. The van der Waals surface area contributed by atoms with Crippen LogP contribution in [0.3, 0.4) is 0 Å². The highest BCUT2D eigenvalue weighted by atomic mass is 16.3. The molecule has 1 fully saturated rings. The maximum Gasteiger partial charge on any atom is 0.296 e. The van der Waals surface area contributed by atoms with Gasteiger partial charge in [0.15, 0.2) is 0 Å². The molecule has 1 aromatic rings. The second-order valence-corrected chi connectivity index (χ2v) is 5.48. The zero-order valence-electron chi connectivity index (χ0n) is 11.3. The normalized spacial score (nSPS) is 21.9. The highest BCUT2D eigenvalue weighted by Gasteiger charge is 2.29. The summed E-state index contributed by atoms with van der Waals surface area (Å²) in [6.45, 7) is 2.12. The van der Waals surface area contributed by atoms with Gasteiger partial charge in [0.05, 0.1) is 11.3 Å². The highest BCUT2D eigenvalue weighted by Crippen LogP contribution is 2.31. The Hall–Kier alpha value is -1.88. The molecule has 0 saturated carbocycles. The van der Waals surface area contributed by atoms with Crippen molar-refractivity contribution in [2.75, 3.05) is 29.9 Å². The maximum absolute atomic E-state index is 11.6. The van der Waals surface area contributed by atoms with Crippen LogP contribution in [0.1, 0.15) is 29.6 Å². The summed E-state index contributed by atoms with van der Waals surface area (Å²) in [5.74, 6) is -0.490. The molecule has 5 nitrogen and oxygen atoms in total. The fraction of sp³-hybridized carbons (Fsp3) is 0.467. The number of amides is 1. The molecule has 2 aliphatic rings. The molecule has 2 aliphatic heterocycles. The van der Waals surface area contributed by atoms with Gasteiger partial charge in [-0.15, -0.1) is 0 Å². The van der Waals surface area contributed by atoms with Crippen molar-refractivity contribution in [2.45, 2.75) is 19.3 Å². The Morgan fingerprint density at radius 1 is 1.35 bits per heavy atom. The molecule has 3 rings (SSSR count). The van der Waals surface area contributed by atoms with E-state index in [-0.39, 0.29) is 6.61 Å². The van der Waals surface area contributed by atoms with E-state index in [4.69, 9.17) is 5.11 Å². The highest BCUT2D eigenvalue weighted by molar-refractivity contribution is 6.51. The van der Waals surface area contributed by atoms with Crippen molar-refractivity contribution < 1.29 is 14.7 Å². The number of aliphatic hydroxyl groups is 1. The standard InChI is InChI=1S/C15H18N2O3/c18-7-5-10-2-1-6-17(9-10)11-3-4-12-13(8-11)16-15(20)14(12)19/h3-4,8,10,18H,1-2,5-7,9H2,(H,16,19,20). The van der Waals surface area contributed by atoms with Gasteiger partial charge >= 0.3 is 0 Å².